The number of nitrogens with zero attached hydrogens (tertiary/aromatic N) is 2. The first kappa shape index (κ1) is 20.5. The van der Waals surface area contributed by atoms with Crippen molar-refractivity contribution in [2.45, 2.75) is 25.9 Å². The number of nitriles is 1. The Labute approximate surface area is 182 Å². The lowest BCUT2D eigenvalue weighted by Gasteiger charge is -2.31. The second-order valence-electron chi connectivity index (χ2n) is 9.22. The molecule has 2 amide bonds. The summed E-state index contributed by atoms with van der Waals surface area (Å²) in [5.41, 5.74) is -1.88. The first-order valence-corrected chi connectivity index (χ1v) is 10.3. The molecule has 4 nitrogen and oxygen atoms in total. The molecule has 2 unspecified atom stereocenters. The number of fused-ring (bicyclic) bond motifs is 5. The third-order valence-electron chi connectivity index (χ3n) is 7.21. The molecular weight excluding hydrogens is 417 g/mol. The SMILES string of the molecule is CC12C=CC(Cc3ccccc3)(C1)[C@@H]1C(=O)N(c3ccc(C#N)c(C(F)(F)F)c3)C(=O)[C@@H]12. The zero-order valence-corrected chi connectivity index (χ0v) is 17.2. The van der Waals surface area contributed by atoms with E-state index in [4.69, 9.17) is 5.26 Å². The van der Waals surface area contributed by atoms with E-state index in [1.54, 1.807) is 0 Å². The standard InChI is InChI=1S/C25H19F3N2O2/c1-23-9-10-24(14-23,12-15-5-3-2-4-6-15)20-19(23)21(31)30(22(20)32)17-8-7-16(13-29)18(11-17)25(26,27)28/h2-11,19-20H,12,14H2,1H3/t19-,20+,23?,24?/m1/s1. The molecule has 0 N–H and O–H groups in total. The van der Waals surface area contributed by atoms with Gasteiger partial charge in [0.15, 0.2) is 0 Å². The predicted octanol–water partition coefficient (Wildman–Crippen LogP) is 4.89. The molecule has 5 rings (SSSR count). The first-order chi connectivity index (χ1) is 15.1. The van der Waals surface area contributed by atoms with Crippen LogP contribution < -0.4 is 4.90 Å². The Hall–Kier alpha value is -3.40. The smallest absolute Gasteiger partial charge is 0.274 e. The molecule has 32 heavy (non-hydrogen) atoms. The fourth-order valence-corrected chi connectivity index (χ4v) is 5.99. The minimum absolute atomic E-state index is 0.140. The number of anilines is 1. The maximum atomic E-state index is 13.6. The molecule has 2 bridgehead atoms. The van der Waals surface area contributed by atoms with Gasteiger partial charge in [0.2, 0.25) is 11.8 Å². The largest absolute Gasteiger partial charge is 0.417 e. The summed E-state index contributed by atoms with van der Waals surface area (Å²) >= 11 is 0. The van der Waals surface area contributed by atoms with Gasteiger partial charge in [0, 0.05) is 5.41 Å². The van der Waals surface area contributed by atoms with Crippen molar-refractivity contribution in [2.75, 3.05) is 4.90 Å². The van der Waals surface area contributed by atoms with Crippen molar-refractivity contribution in [1.82, 2.24) is 0 Å². The summed E-state index contributed by atoms with van der Waals surface area (Å²) in [6.07, 6.45) is 0.469. The second kappa shape index (κ2) is 6.55. The Balaban J connectivity index is 1.57. The number of hydrogen-bond donors (Lipinski definition) is 0. The number of benzene rings is 2. The van der Waals surface area contributed by atoms with Crippen LogP contribution in [-0.2, 0) is 22.2 Å². The minimum Gasteiger partial charge on any atom is -0.274 e. The molecule has 3 aliphatic rings. The monoisotopic (exact) mass is 436 g/mol. The number of alkyl halides is 3. The summed E-state index contributed by atoms with van der Waals surface area (Å²) in [6, 6.07) is 14.2. The average molecular weight is 436 g/mol. The molecule has 2 fully saturated rings. The van der Waals surface area contributed by atoms with Crippen molar-refractivity contribution in [3.05, 3.63) is 77.4 Å². The van der Waals surface area contributed by atoms with Gasteiger partial charge < -0.3 is 0 Å². The molecule has 4 atom stereocenters. The van der Waals surface area contributed by atoms with Gasteiger partial charge in [-0.2, -0.15) is 18.4 Å². The summed E-state index contributed by atoms with van der Waals surface area (Å²) in [5.74, 6) is -2.19. The average Bonchev–Trinajstić information content (AvgIpc) is 3.32. The van der Waals surface area contributed by atoms with E-state index < -0.39 is 51.8 Å². The number of amides is 2. The van der Waals surface area contributed by atoms with E-state index in [1.807, 2.05) is 49.4 Å². The fourth-order valence-electron chi connectivity index (χ4n) is 5.99. The molecule has 1 heterocycles. The molecule has 162 valence electrons. The highest BCUT2D eigenvalue weighted by Crippen LogP contribution is 2.67. The van der Waals surface area contributed by atoms with Gasteiger partial charge in [0.05, 0.1) is 34.7 Å². The van der Waals surface area contributed by atoms with Crippen molar-refractivity contribution >= 4 is 17.5 Å². The Morgan fingerprint density at radius 3 is 2.41 bits per heavy atom. The van der Waals surface area contributed by atoms with Gasteiger partial charge in [-0.05, 0) is 42.0 Å². The lowest BCUT2D eigenvalue weighted by molar-refractivity contribution is -0.138. The fraction of sp³-hybridized carbons (Fsp3) is 0.320. The van der Waals surface area contributed by atoms with Gasteiger partial charge in [0.1, 0.15) is 0 Å². The first-order valence-electron chi connectivity index (χ1n) is 10.3. The van der Waals surface area contributed by atoms with E-state index in [9.17, 15) is 22.8 Å². The van der Waals surface area contributed by atoms with Gasteiger partial charge in [-0.3, -0.25) is 9.59 Å². The Morgan fingerprint density at radius 1 is 1.06 bits per heavy atom. The topological polar surface area (TPSA) is 61.2 Å². The molecule has 1 saturated heterocycles. The van der Waals surface area contributed by atoms with Crippen LogP contribution in [0.25, 0.3) is 0 Å². The van der Waals surface area contributed by atoms with Crippen molar-refractivity contribution in [3.63, 3.8) is 0 Å². The van der Waals surface area contributed by atoms with Crippen LogP contribution in [0.15, 0.2) is 60.7 Å². The summed E-state index contributed by atoms with van der Waals surface area (Å²) in [7, 11) is 0. The number of carbonyl (C=O) groups is 2. The van der Waals surface area contributed by atoms with Gasteiger partial charge in [-0.15, -0.1) is 0 Å². The Bertz CT molecular complexity index is 1210. The highest BCUT2D eigenvalue weighted by atomic mass is 19.4. The zero-order chi connectivity index (χ0) is 22.9. The van der Waals surface area contributed by atoms with E-state index in [-0.39, 0.29) is 5.69 Å². The summed E-state index contributed by atoms with van der Waals surface area (Å²) in [5, 5.41) is 9.05. The van der Waals surface area contributed by atoms with E-state index in [0.29, 0.717) is 12.8 Å². The normalized spacial score (nSPS) is 30.7. The van der Waals surface area contributed by atoms with Gasteiger partial charge in [0.25, 0.3) is 0 Å². The van der Waals surface area contributed by atoms with E-state index in [0.717, 1.165) is 22.6 Å². The maximum absolute atomic E-state index is 13.6. The van der Waals surface area contributed by atoms with Crippen LogP contribution in [0.1, 0.15) is 30.0 Å². The van der Waals surface area contributed by atoms with Crippen LogP contribution in [0.5, 0.6) is 0 Å². The number of rotatable bonds is 3. The molecule has 0 spiro atoms. The van der Waals surface area contributed by atoms with Crippen LogP contribution >= 0.6 is 0 Å². The highest BCUT2D eigenvalue weighted by molar-refractivity contribution is 6.23. The maximum Gasteiger partial charge on any atom is 0.417 e. The molecule has 2 aliphatic carbocycles. The number of carbonyl (C=O) groups excluding carboxylic acids is 2. The van der Waals surface area contributed by atoms with Gasteiger partial charge in [-0.1, -0.05) is 49.4 Å². The number of imide groups is 1. The van der Waals surface area contributed by atoms with E-state index in [1.165, 1.54) is 12.1 Å². The number of hydrogen-bond acceptors (Lipinski definition) is 3. The molecule has 0 radical (unpaired) electrons. The summed E-state index contributed by atoms with van der Waals surface area (Å²) < 4.78 is 40.4. The van der Waals surface area contributed by atoms with Crippen LogP contribution in [0, 0.1) is 34.0 Å². The van der Waals surface area contributed by atoms with E-state index >= 15 is 0 Å². The third kappa shape index (κ3) is 2.75. The minimum atomic E-state index is -4.77. The second-order valence-corrected chi connectivity index (χ2v) is 9.22. The molecule has 0 aromatic heterocycles. The molecule has 2 aromatic rings. The van der Waals surface area contributed by atoms with E-state index in [2.05, 4.69) is 0 Å². The Kier molecular flexibility index (Phi) is 4.20. The molecular formula is C25H19F3N2O2. The number of halogens is 3. The van der Waals surface area contributed by atoms with Crippen molar-refractivity contribution in [2.24, 2.45) is 22.7 Å². The zero-order valence-electron chi connectivity index (χ0n) is 17.2. The Morgan fingerprint density at radius 2 is 1.75 bits per heavy atom. The lowest BCUT2D eigenvalue weighted by Crippen LogP contribution is -2.37. The molecule has 7 heteroatoms. The summed E-state index contributed by atoms with van der Waals surface area (Å²) in [4.78, 5) is 27.9. The van der Waals surface area contributed by atoms with Crippen LogP contribution in [0.3, 0.4) is 0 Å². The van der Waals surface area contributed by atoms with Crippen molar-refractivity contribution < 1.29 is 22.8 Å². The number of allylic oxidation sites excluding steroid dienone is 2. The third-order valence-corrected chi connectivity index (χ3v) is 7.21. The van der Waals surface area contributed by atoms with Gasteiger partial charge in [-0.25, -0.2) is 4.90 Å². The van der Waals surface area contributed by atoms with Crippen LogP contribution in [-0.4, -0.2) is 11.8 Å². The van der Waals surface area contributed by atoms with Crippen LogP contribution in [0.2, 0.25) is 0 Å². The molecule has 1 aliphatic heterocycles. The van der Waals surface area contributed by atoms with Crippen molar-refractivity contribution in [1.29, 1.82) is 5.26 Å². The summed E-state index contributed by atoms with van der Waals surface area (Å²) in [6.45, 7) is 1.94. The molecule has 1 saturated carbocycles. The van der Waals surface area contributed by atoms with Crippen LogP contribution in [0.4, 0.5) is 18.9 Å². The lowest BCUT2D eigenvalue weighted by atomic mass is 9.70. The highest BCUT2D eigenvalue weighted by Gasteiger charge is 2.70. The quantitative estimate of drug-likeness (QED) is 0.508. The van der Waals surface area contributed by atoms with Gasteiger partial charge >= 0.3 is 6.18 Å². The molecule has 2 aromatic carbocycles. The van der Waals surface area contributed by atoms with Crippen molar-refractivity contribution in [3.8, 4) is 6.07 Å². The predicted molar refractivity (Wildman–Crippen MR) is 110 cm³/mol.